The molecule has 2 heteroatoms. The van der Waals surface area contributed by atoms with E-state index in [1.807, 2.05) is 12.3 Å². The highest BCUT2D eigenvalue weighted by Gasteiger charge is 2.07. The molecule has 2 aromatic rings. The second-order valence-electron chi connectivity index (χ2n) is 4.18. The summed E-state index contributed by atoms with van der Waals surface area (Å²) >= 11 is 0. The summed E-state index contributed by atoms with van der Waals surface area (Å²) in [5, 5.41) is 1.28. The van der Waals surface area contributed by atoms with E-state index < -0.39 is 0 Å². The Hall–Kier alpha value is -1.44. The van der Waals surface area contributed by atoms with Crippen molar-refractivity contribution in [2.75, 3.05) is 5.84 Å². The fourth-order valence-corrected chi connectivity index (χ4v) is 1.88. The molecular weight excluding hydrogens is 172 g/mol. The summed E-state index contributed by atoms with van der Waals surface area (Å²) in [4.78, 5) is 0. The molecule has 0 saturated heterocycles. The van der Waals surface area contributed by atoms with Crippen molar-refractivity contribution >= 4 is 10.9 Å². The number of nitrogens with zero attached hydrogens (tertiary/aromatic N) is 1. The molecule has 0 radical (unpaired) electrons. The third kappa shape index (κ3) is 1.48. The molecule has 1 aromatic carbocycles. The predicted octanol–water partition coefficient (Wildman–Crippen LogP) is 2.55. The monoisotopic (exact) mass is 188 g/mol. The molecule has 14 heavy (non-hydrogen) atoms. The molecule has 0 bridgehead atoms. The van der Waals surface area contributed by atoms with Crippen LogP contribution in [-0.2, 0) is 6.42 Å². The molecule has 2 N–H and O–H groups in total. The Kier molecular flexibility index (Phi) is 2.20. The summed E-state index contributed by atoms with van der Waals surface area (Å²) < 4.78 is 1.72. The predicted molar refractivity (Wildman–Crippen MR) is 60.6 cm³/mol. The number of benzene rings is 1. The van der Waals surface area contributed by atoms with Crippen LogP contribution in [0.1, 0.15) is 19.4 Å². The van der Waals surface area contributed by atoms with Gasteiger partial charge in [0.1, 0.15) is 0 Å². The highest BCUT2D eigenvalue weighted by molar-refractivity contribution is 5.83. The van der Waals surface area contributed by atoms with Crippen molar-refractivity contribution in [3.63, 3.8) is 0 Å². The van der Waals surface area contributed by atoms with Crippen molar-refractivity contribution in [2.24, 2.45) is 5.92 Å². The molecule has 2 nitrogen and oxygen atoms in total. The van der Waals surface area contributed by atoms with Gasteiger partial charge in [-0.3, -0.25) is 4.68 Å². The molecule has 2 rings (SSSR count). The Labute approximate surface area is 84.3 Å². The normalized spacial score (nSPS) is 11.4. The van der Waals surface area contributed by atoms with Crippen LogP contribution in [0.15, 0.2) is 30.5 Å². The van der Waals surface area contributed by atoms with E-state index in [1.54, 1.807) is 4.68 Å². The van der Waals surface area contributed by atoms with E-state index in [-0.39, 0.29) is 0 Å². The smallest absolute Gasteiger partial charge is 0.0692 e. The summed E-state index contributed by atoms with van der Waals surface area (Å²) in [7, 11) is 0. The lowest BCUT2D eigenvalue weighted by molar-refractivity contribution is 0.649. The van der Waals surface area contributed by atoms with Crippen LogP contribution in [0.4, 0.5) is 0 Å². The van der Waals surface area contributed by atoms with Crippen LogP contribution < -0.4 is 5.84 Å². The van der Waals surface area contributed by atoms with E-state index in [4.69, 9.17) is 5.84 Å². The summed E-state index contributed by atoms with van der Waals surface area (Å²) in [6.45, 7) is 4.45. The minimum atomic E-state index is 0.667. The average molecular weight is 188 g/mol. The van der Waals surface area contributed by atoms with Gasteiger partial charge in [0, 0.05) is 11.6 Å². The Morgan fingerprint density at radius 3 is 2.71 bits per heavy atom. The zero-order valence-corrected chi connectivity index (χ0v) is 8.70. The van der Waals surface area contributed by atoms with Crippen LogP contribution in [0.5, 0.6) is 0 Å². The Balaban J connectivity index is 2.55. The van der Waals surface area contributed by atoms with Gasteiger partial charge in [-0.2, -0.15) is 0 Å². The average Bonchev–Trinajstić information content (AvgIpc) is 2.44. The third-order valence-corrected chi connectivity index (χ3v) is 2.45. The topological polar surface area (TPSA) is 30.9 Å². The molecule has 0 amide bonds. The number of nitrogens with two attached hydrogens (primary N) is 1. The van der Waals surface area contributed by atoms with Gasteiger partial charge in [0.15, 0.2) is 0 Å². The number of aromatic nitrogens is 1. The van der Waals surface area contributed by atoms with Gasteiger partial charge in [0.05, 0.1) is 5.52 Å². The third-order valence-electron chi connectivity index (χ3n) is 2.45. The molecule has 0 fully saturated rings. The van der Waals surface area contributed by atoms with Crippen molar-refractivity contribution in [3.05, 3.63) is 36.0 Å². The zero-order valence-electron chi connectivity index (χ0n) is 8.70. The van der Waals surface area contributed by atoms with Crippen LogP contribution in [-0.4, -0.2) is 4.68 Å². The minimum Gasteiger partial charge on any atom is -0.339 e. The number of hydrogen-bond acceptors (Lipinski definition) is 1. The van der Waals surface area contributed by atoms with E-state index >= 15 is 0 Å². The second kappa shape index (κ2) is 3.37. The molecule has 0 aliphatic heterocycles. The first kappa shape index (κ1) is 9.13. The van der Waals surface area contributed by atoms with Crippen LogP contribution >= 0.6 is 0 Å². The van der Waals surface area contributed by atoms with Crippen molar-refractivity contribution in [1.29, 1.82) is 0 Å². The number of hydrogen-bond donors (Lipinski definition) is 1. The van der Waals surface area contributed by atoms with E-state index in [1.165, 1.54) is 10.9 Å². The van der Waals surface area contributed by atoms with Gasteiger partial charge >= 0.3 is 0 Å². The van der Waals surface area contributed by atoms with E-state index in [0.29, 0.717) is 5.92 Å². The van der Waals surface area contributed by atoms with E-state index in [2.05, 4.69) is 32.0 Å². The molecule has 0 spiro atoms. The quantitative estimate of drug-likeness (QED) is 0.721. The SMILES string of the molecule is CC(C)Cc1cn(N)c2ccccc12. The van der Waals surface area contributed by atoms with Crippen molar-refractivity contribution < 1.29 is 0 Å². The molecule has 0 aliphatic carbocycles. The summed E-state index contributed by atoms with van der Waals surface area (Å²) in [5.41, 5.74) is 2.46. The molecule has 0 unspecified atom stereocenters. The Bertz CT molecular complexity index is 441. The largest absolute Gasteiger partial charge is 0.339 e. The molecule has 74 valence electrons. The molecule has 1 aromatic heterocycles. The standard InChI is InChI=1S/C12H16N2/c1-9(2)7-10-8-14(13)12-6-4-3-5-11(10)12/h3-6,8-9H,7,13H2,1-2H3. The lowest BCUT2D eigenvalue weighted by Crippen LogP contribution is -2.05. The van der Waals surface area contributed by atoms with Crippen molar-refractivity contribution in [3.8, 4) is 0 Å². The van der Waals surface area contributed by atoms with E-state index in [0.717, 1.165) is 11.9 Å². The fraction of sp³-hybridized carbons (Fsp3) is 0.333. The number of rotatable bonds is 2. The molecule has 0 atom stereocenters. The Morgan fingerprint density at radius 2 is 2.00 bits per heavy atom. The summed E-state index contributed by atoms with van der Waals surface area (Å²) in [6, 6.07) is 8.27. The lowest BCUT2D eigenvalue weighted by Gasteiger charge is -2.01. The van der Waals surface area contributed by atoms with Gasteiger partial charge in [-0.05, 0) is 24.0 Å². The lowest BCUT2D eigenvalue weighted by atomic mass is 10.0. The Morgan fingerprint density at radius 1 is 1.29 bits per heavy atom. The molecular formula is C12H16N2. The molecule has 1 heterocycles. The highest BCUT2D eigenvalue weighted by Crippen LogP contribution is 2.21. The van der Waals surface area contributed by atoms with Crippen LogP contribution in [0, 0.1) is 5.92 Å². The van der Waals surface area contributed by atoms with Gasteiger partial charge in [-0.1, -0.05) is 32.0 Å². The van der Waals surface area contributed by atoms with Crippen molar-refractivity contribution in [2.45, 2.75) is 20.3 Å². The highest BCUT2D eigenvalue weighted by atomic mass is 15.3. The molecule has 0 aliphatic rings. The van der Waals surface area contributed by atoms with Crippen LogP contribution in [0.2, 0.25) is 0 Å². The van der Waals surface area contributed by atoms with Crippen LogP contribution in [0.25, 0.3) is 10.9 Å². The second-order valence-corrected chi connectivity index (χ2v) is 4.18. The number of fused-ring (bicyclic) bond motifs is 1. The van der Waals surface area contributed by atoms with Gasteiger partial charge in [-0.15, -0.1) is 0 Å². The summed E-state index contributed by atoms with van der Waals surface area (Å²) in [6.07, 6.45) is 3.12. The van der Waals surface area contributed by atoms with E-state index in [9.17, 15) is 0 Å². The summed E-state index contributed by atoms with van der Waals surface area (Å²) in [5.74, 6) is 6.54. The first-order chi connectivity index (χ1) is 6.68. The van der Waals surface area contributed by atoms with Gasteiger partial charge in [-0.25, -0.2) is 0 Å². The number of para-hydroxylation sites is 1. The maximum Gasteiger partial charge on any atom is 0.0692 e. The fourth-order valence-electron chi connectivity index (χ4n) is 1.88. The molecule has 0 saturated carbocycles. The number of nitrogen functional groups attached to an aromatic ring is 1. The first-order valence-electron chi connectivity index (χ1n) is 5.02. The maximum absolute atomic E-state index is 5.87. The van der Waals surface area contributed by atoms with Gasteiger partial charge in [0.25, 0.3) is 0 Å². The zero-order chi connectivity index (χ0) is 10.1. The minimum absolute atomic E-state index is 0.667. The van der Waals surface area contributed by atoms with Crippen molar-refractivity contribution in [1.82, 2.24) is 4.68 Å². The maximum atomic E-state index is 5.87. The van der Waals surface area contributed by atoms with Gasteiger partial charge in [0.2, 0.25) is 0 Å². The van der Waals surface area contributed by atoms with Crippen LogP contribution in [0.3, 0.4) is 0 Å². The first-order valence-corrected chi connectivity index (χ1v) is 5.02. The van der Waals surface area contributed by atoms with Gasteiger partial charge < -0.3 is 5.84 Å².